The van der Waals surface area contributed by atoms with E-state index in [2.05, 4.69) is 15.2 Å². The zero-order chi connectivity index (χ0) is 15.1. The van der Waals surface area contributed by atoms with Crippen molar-refractivity contribution in [3.63, 3.8) is 0 Å². The van der Waals surface area contributed by atoms with Crippen LogP contribution in [0.3, 0.4) is 0 Å². The lowest BCUT2D eigenvalue weighted by molar-refractivity contribution is 0.432. The summed E-state index contributed by atoms with van der Waals surface area (Å²) in [6.45, 7) is 0.526. The SMILES string of the molecule is Cl.Cn1ncc(-c2nc(-c3ccc(CN)cc3)no2)c1C1CC1. The fourth-order valence-electron chi connectivity index (χ4n) is 2.69. The van der Waals surface area contributed by atoms with Gasteiger partial charge in [-0.15, -0.1) is 12.4 Å². The Balaban J connectivity index is 0.00000156. The van der Waals surface area contributed by atoms with E-state index in [0.29, 0.717) is 24.2 Å². The summed E-state index contributed by atoms with van der Waals surface area (Å²) in [7, 11) is 1.96. The zero-order valence-corrected chi connectivity index (χ0v) is 13.6. The van der Waals surface area contributed by atoms with E-state index in [1.165, 1.54) is 18.5 Å². The third-order valence-corrected chi connectivity index (χ3v) is 4.05. The molecule has 3 aromatic rings. The van der Waals surface area contributed by atoms with Crippen molar-refractivity contribution >= 4 is 12.4 Å². The summed E-state index contributed by atoms with van der Waals surface area (Å²) in [5.74, 6) is 1.69. The van der Waals surface area contributed by atoms with Gasteiger partial charge in [-0.25, -0.2) is 0 Å². The van der Waals surface area contributed by atoms with E-state index in [1.807, 2.05) is 42.2 Å². The lowest BCUT2D eigenvalue weighted by Crippen LogP contribution is -1.97. The van der Waals surface area contributed by atoms with Crippen molar-refractivity contribution in [2.75, 3.05) is 0 Å². The molecule has 2 N–H and O–H groups in total. The van der Waals surface area contributed by atoms with Crippen LogP contribution in [-0.2, 0) is 13.6 Å². The van der Waals surface area contributed by atoms with Crippen LogP contribution in [0.15, 0.2) is 35.0 Å². The molecule has 2 heterocycles. The van der Waals surface area contributed by atoms with Crippen molar-refractivity contribution in [2.45, 2.75) is 25.3 Å². The van der Waals surface area contributed by atoms with Gasteiger partial charge in [0.2, 0.25) is 5.82 Å². The van der Waals surface area contributed by atoms with Crippen LogP contribution in [0.1, 0.15) is 30.0 Å². The van der Waals surface area contributed by atoms with Crippen LogP contribution in [0.5, 0.6) is 0 Å². The molecule has 23 heavy (non-hydrogen) atoms. The first-order valence-corrected chi connectivity index (χ1v) is 7.41. The van der Waals surface area contributed by atoms with Crippen molar-refractivity contribution in [2.24, 2.45) is 12.8 Å². The second kappa shape index (κ2) is 6.14. The molecule has 1 saturated carbocycles. The molecule has 0 bridgehead atoms. The average Bonchev–Trinajstić information content (AvgIpc) is 3.13. The molecule has 0 radical (unpaired) electrons. The molecule has 0 saturated heterocycles. The molecule has 1 aliphatic carbocycles. The molecule has 1 fully saturated rings. The van der Waals surface area contributed by atoms with E-state index < -0.39 is 0 Å². The Hall–Kier alpha value is -2.18. The second-order valence-corrected chi connectivity index (χ2v) is 5.67. The van der Waals surface area contributed by atoms with Gasteiger partial charge in [-0.3, -0.25) is 4.68 Å². The average molecular weight is 332 g/mol. The quantitative estimate of drug-likeness (QED) is 0.794. The summed E-state index contributed by atoms with van der Waals surface area (Å²) < 4.78 is 7.36. The van der Waals surface area contributed by atoms with E-state index in [9.17, 15) is 0 Å². The van der Waals surface area contributed by atoms with Crippen molar-refractivity contribution in [1.29, 1.82) is 0 Å². The number of nitrogens with two attached hydrogens (primary N) is 1. The predicted molar refractivity (Wildman–Crippen MR) is 89.1 cm³/mol. The van der Waals surface area contributed by atoms with E-state index in [4.69, 9.17) is 10.3 Å². The molecule has 0 amide bonds. The van der Waals surface area contributed by atoms with E-state index in [-0.39, 0.29) is 12.4 Å². The summed E-state index contributed by atoms with van der Waals surface area (Å²) in [6.07, 6.45) is 4.21. The molecule has 4 rings (SSSR count). The number of aromatic nitrogens is 4. The standard InChI is InChI=1S/C16H17N5O.ClH/c1-21-14(11-6-7-11)13(9-18-21)16-19-15(20-22-16)12-4-2-10(8-17)3-5-12;/h2-5,9,11H,6-8,17H2,1H3;1H. The molecule has 0 unspecified atom stereocenters. The summed E-state index contributed by atoms with van der Waals surface area (Å²) in [6, 6.07) is 7.87. The highest BCUT2D eigenvalue weighted by atomic mass is 35.5. The van der Waals surface area contributed by atoms with Gasteiger partial charge in [-0.2, -0.15) is 10.1 Å². The van der Waals surface area contributed by atoms with Crippen molar-refractivity contribution in [3.05, 3.63) is 41.7 Å². The third kappa shape index (κ3) is 2.87. The molecule has 2 aromatic heterocycles. The number of aryl methyl sites for hydroxylation is 1. The lowest BCUT2D eigenvalue weighted by atomic mass is 10.1. The summed E-state index contributed by atoms with van der Waals surface area (Å²) in [5, 5.41) is 8.43. The molecule has 7 heteroatoms. The molecular formula is C16H18ClN5O. The Morgan fingerprint density at radius 1 is 1.26 bits per heavy atom. The largest absolute Gasteiger partial charge is 0.333 e. The first-order valence-electron chi connectivity index (χ1n) is 7.41. The molecule has 0 aliphatic heterocycles. The molecule has 0 atom stereocenters. The van der Waals surface area contributed by atoms with Gasteiger partial charge in [0, 0.05) is 25.1 Å². The summed E-state index contributed by atoms with van der Waals surface area (Å²) in [5.41, 5.74) is 9.75. The lowest BCUT2D eigenvalue weighted by Gasteiger charge is -2.00. The predicted octanol–water partition coefficient (Wildman–Crippen LogP) is 2.90. The number of nitrogens with zero attached hydrogens (tertiary/aromatic N) is 4. The monoisotopic (exact) mass is 331 g/mol. The van der Waals surface area contributed by atoms with Crippen LogP contribution < -0.4 is 5.73 Å². The molecule has 1 aromatic carbocycles. The molecule has 1 aliphatic rings. The number of benzene rings is 1. The van der Waals surface area contributed by atoms with Gasteiger partial charge in [-0.05, 0) is 18.4 Å². The van der Waals surface area contributed by atoms with E-state index in [0.717, 1.165) is 16.7 Å². The number of hydrogen-bond donors (Lipinski definition) is 1. The highest BCUT2D eigenvalue weighted by Gasteiger charge is 2.31. The minimum atomic E-state index is 0. The van der Waals surface area contributed by atoms with Gasteiger partial charge >= 0.3 is 0 Å². The highest BCUT2D eigenvalue weighted by molar-refractivity contribution is 5.85. The van der Waals surface area contributed by atoms with Gasteiger partial charge in [0.1, 0.15) is 0 Å². The number of halogens is 1. The maximum Gasteiger partial charge on any atom is 0.261 e. The minimum Gasteiger partial charge on any atom is -0.333 e. The fraction of sp³-hybridized carbons (Fsp3) is 0.312. The molecule has 6 nitrogen and oxygen atoms in total. The van der Waals surface area contributed by atoms with Crippen molar-refractivity contribution < 1.29 is 4.52 Å². The topological polar surface area (TPSA) is 82.8 Å². The number of rotatable bonds is 4. The number of hydrogen-bond acceptors (Lipinski definition) is 5. The van der Waals surface area contributed by atoms with Gasteiger partial charge in [0.05, 0.1) is 17.5 Å². The van der Waals surface area contributed by atoms with Crippen LogP contribution in [0, 0.1) is 0 Å². The van der Waals surface area contributed by atoms with Gasteiger partial charge < -0.3 is 10.3 Å². The molecule has 0 spiro atoms. The second-order valence-electron chi connectivity index (χ2n) is 5.67. The van der Waals surface area contributed by atoms with Crippen LogP contribution in [-0.4, -0.2) is 19.9 Å². The smallest absolute Gasteiger partial charge is 0.261 e. The maximum absolute atomic E-state index is 5.61. The highest BCUT2D eigenvalue weighted by Crippen LogP contribution is 2.43. The van der Waals surface area contributed by atoms with Crippen LogP contribution in [0.2, 0.25) is 0 Å². The normalized spacial score (nSPS) is 13.8. The Morgan fingerprint density at radius 2 is 2.00 bits per heavy atom. The van der Waals surface area contributed by atoms with Gasteiger partial charge in [0.15, 0.2) is 0 Å². The van der Waals surface area contributed by atoms with Crippen LogP contribution in [0.4, 0.5) is 0 Å². The third-order valence-electron chi connectivity index (χ3n) is 4.05. The first-order chi connectivity index (χ1) is 10.8. The van der Waals surface area contributed by atoms with E-state index in [1.54, 1.807) is 0 Å². The summed E-state index contributed by atoms with van der Waals surface area (Å²) in [4.78, 5) is 4.53. The minimum absolute atomic E-state index is 0. The van der Waals surface area contributed by atoms with Crippen molar-refractivity contribution in [3.8, 4) is 22.8 Å². The van der Waals surface area contributed by atoms with Crippen LogP contribution >= 0.6 is 12.4 Å². The first kappa shape index (κ1) is 15.7. The van der Waals surface area contributed by atoms with Crippen LogP contribution in [0.25, 0.3) is 22.8 Å². The Morgan fingerprint density at radius 3 is 2.65 bits per heavy atom. The van der Waals surface area contributed by atoms with Gasteiger partial charge in [-0.1, -0.05) is 29.4 Å². The molecular weight excluding hydrogens is 314 g/mol. The Bertz CT molecular complexity index is 804. The van der Waals surface area contributed by atoms with Crippen molar-refractivity contribution in [1.82, 2.24) is 19.9 Å². The summed E-state index contributed by atoms with van der Waals surface area (Å²) >= 11 is 0. The Labute approximate surface area is 140 Å². The van der Waals surface area contributed by atoms with Gasteiger partial charge in [0.25, 0.3) is 5.89 Å². The Kier molecular flexibility index (Phi) is 4.19. The maximum atomic E-state index is 5.61. The van der Waals surface area contributed by atoms with E-state index >= 15 is 0 Å². The fourth-order valence-corrected chi connectivity index (χ4v) is 2.69. The molecule has 120 valence electrons. The zero-order valence-electron chi connectivity index (χ0n) is 12.8.